The summed E-state index contributed by atoms with van der Waals surface area (Å²) in [5, 5.41) is 3.09. The lowest BCUT2D eigenvalue weighted by Gasteiger charge is -1.98. The summed E-state index contributed by atoms with van der Waals surface area (Å²) in [4.78, 5) is 15.6. The molecule has 23 heavy (non-hydrogen) atoms. The van der Waals surface area contributed by atoms with Crippen molar-refractivity contribution in [3.05, 3.63) is 84.6 Å². The normalized spacial score (nSPS) is 11.4. The highest BCUT2D eigenvalue weighted by Crippen LogP contribution is 2.09. The van der Waals surface area contributed by atoms with Gasteiger partial charge in [0.2, 0.25) is 5.91 Å². The van der Waals surface area contributed by atoms with Gasteiger partial charge in [0.25, 0.3) is 0 Å². The number of carbonyl (C=O) groups excluding carboxylic acids is 1. The lowest BCUT2D eigenvalue weighted by molar-refractivity contribution is -0.114. The maximum absolute atomic E-state index is 11.4. The number of para-hydroxylation sites is 2. The molecule has 0 heterocycles. The molecular formula is C18H18ClN3O. The van der Waals surface area contributed by atoms with Crippen molar-refractivity contribution in [2.24, 2.45) is 10.7 Å². The number of carbonyl (C=O) groups is 1. The van der Waals surface area contributed by atoms with Crippen molar-refractivity contribution in [3.8, 4) is 0 Å². The Balaban J connectivity index is 0.00000264. The number of hydrogen-bond donors (Lipinski definition) is 2. The number of amides is 1. The number of nitrogens with one attached hydrogen (secondary N) is 1. The topological polar surface area (TPSA) is 67.5 Å². The Morgan fingerprint density at radius 1 is 1.00 bits per heavy atom. The average molecular weight is 328 g/mol. The number of nitrogens with zero attached hydrogens (tertiary/aromatic N) is 1. The van der Waals surface area contributed by atoms with Gasteiger partial charge < -0.3 is 11.1 Å². The molecule has 0 aliphatic heterocycles. The number of benzene rings is 2. The minimum atomic E-state index is -0.524. The van der Waals surface area contributed by atoms with Crippen molar-refractivity contribution in [1.82, 2.24) is 0 Å². The molecule has 2 aromatic carbocycles. The molecule has 3 N–H and O–H groups in total. The Hall–Kier alpha value is -2.85. The molecule has 0 bridgehead atoms. The Bertz CT molecular complexity index is 695. The predicted molar refractivity (Wildman–Crippen MR) is 98.3 cm³/mol. The lowest BCUT2D eigenvalue weighted by Crippen LogP contribution is -2.14. The number of aliphatic imine (C=N–C) groups is 1. The molecule has 4 nitrogen and oxygen atoms in total. The fourth-order valence-corrected chi connectivity index (χ4v) is 1.68. The van der Waals surface area contributed by atoms with Gasteiger partial charge in [0.15, 0.2) is 0 Å². The molecule has 2 aromatic rings. The summed E-state index contributed by atoms with van der Waals surface area (Å²) >= 11 is 0. The van der Waals surface area contributed by atoms with Crippen molar-refractivity contribution in [3.63, 3.8) is 0 Å². The highest BCUT2D eigenvalue weighted by Gasteiger charge is 1.99. The van der Waals surface area contributed by atoms with E-state index in [1.165, 1.54) is 6.21 Å². The number of allylic oxidation sites excluding steroid dienone is 2. The second-order valence-corrected chi connectivity index (χ2v) is 4.45. The summed E-state index contributed by atoms with van der Waals surface area (Å²) in [5.74, 6) is -0.524. The molecule has 0 fully saturated rings. The number of primary amides is 1. The van der Waals surface area contributed by atoms with Crippen LogP contribution in [0.1, 0.15) is 0 Å². The van der Waals surface area contributed by atoms with Gasteiger partial charge in [-0.05, 0) is 36.4 Å². The standard InChI is InChI=1S/C18H17N3O.ClH/c19-18(22)15(14-21-17-11-5-2-6-12-17)8-7-13-20-16-9-3-1-4-10-16;/h1-14,20H,(H2,19,22);1H. The molecule has 0 spiro atoms. The van der Waals surface area contributed by atoms with Gasteiger partial charge in [0.1, 0.15) is 0 Å². The quantitative estimate of drug-likeness (QED) is 0.481. The zero-order valence-electron chi connectivity index (χ0n) is 12.4. The highest BCUT2D eigenvalue weighted by atomic mass is 35.5. The van der Waals surface area contributed by atoms with Gasteiger partial charge in [-0.25, -0.2) is 0 Å². The van der Waals surface area contributed by atoms with E-state index in [9.17, 15) is 4.79 Å². The van der Waals surface area contributed by atoms with E-state index >= 15 is 0 Å². The second-order valence-electron chi connectivity index (χ2n) is 4.45. The molecule has 0 unspecified atom stereocenters. The summed E-state index contributed by atoms with van der Waals surface area (Å²) in [6.45, 7) is 0. The predicted octanol–water partition coefficient (Wildman–Crippen LogP) is 3.85. The van der Waals surface area contributed by atoms with E-state index in [1.807, 2.05) is 60.7 Å². The van der Waals surface area contributed by atoms with E-state index in [2.05, 4.69) is 10.3 Å². The van der Waals surface area contributed by atoms with Gasteiger partial charge in [-0.1, -0.05) is 36.4 Å². The van der Waals surface area contributed by atoms with E-state index < -0.39 is 5.91 Å². The van der Waals surface area contributed by atoms with Crippen LogP contribution in [0.2, 0.25) is 0 Å². The van der Waals surface area contributed by atoms with Crippen molar-refractivity contribution in [1.29, 1.82) is 0 Å². The first-order valence-electron chi connectivity index (χ1n) is 6.83. The van der Waals surface area contributed by atoms with Crippen molar-refractivity contribution >= 4 is 35.9 Å². The molecule has 0 atom stereocenters. The van der Waals surface area contributed by atoms with Crippen molar-refractivity contribution in [2.75, 3.05) is 5.32 Å². The van der Waals surface area contributed by atoms with Crippen LogP contribution in [0.4, 0.5) is 11.4 Å². The Morgan fingerprint density at radius 3 is 2.22 bits per heavy atom. The van der Waals surface area contributed by atoms with Crippen molar-refractivity contribution < 1.29 is 4.79 Å². The van der Waals surface area contributed by atoms with Gasteiger partial charge in [0, 0.05) is 18.1 Å². The van der Waals surface area contributed by atoms with Crippen LogP contribution < -0.4 is 11.1 Å². The molecule has 0 saturated carbocycles. The van der Waals surface area contributed by atoms with Crippen LogP contribution in [0.5, 0.6) is 0 Å². The third-order valence-corrected chi connectivity index (χ3v) is 2.79. The Kier molecular flexibility index (Phi) is 7.89. The summed E-state index contributed by atoms with van der Waals surface area (Å²) in [6, 6.07) is 19.1. The maximum atomic E-state index is 11.4. The molecular weight excluding hydrogens is 310 g/mol. The third kappa shape index (κ3) is 6.63. The largest absolute Gasteiger partial charge is 0.366 e. The van der Waals surface area contributed by atoms with E-state index in [-0.39, 0.29) is 12.4 Å². The van der Waals surface area contributed by atoms with E-state index in [0.717, 1.165) is 11.4 Å². The van der Waals surface area contributed by atoms with Gasteiger partial charge in [-0.3, -0.25) is 9.79 Å². The molecule has 118 valence electrons. The van der Waals surface area contributed by atoms with E-state index in [0.29, 0.717) is 5.57 Å². The fraction of sp³-hybridized carbons (Fsp3) is 0. The Morgan fingerprint density at radius 2 is 1.61 bits per heavy atom. The fourth-order valence-electron chi connectivity index (χ4n) is 1.68. The molecule has 0 aromatic heterocycles. The zero-order valence-corrected chi connectivity index (χ0v) is 13.2. The van der Waals surface area contributed by atoms with Gasteiger partial charge in [-0.15, -0.1) is 12.4 Å². The van der Waals surface area contributed by atoms with Crippen LogP contribution in [-0.2, 0) is 4.79 Å². The minimum absolute atomic E-state index is 0. The smallest absolute Gasteiger partial charge is 0.250 e. The second kappa shape index (κ2) is 9.97. The van der Waals surface area contributed by atoms with Crippen LogP contribution >= 0.6 is 12.4 Å². The number of anilines is 1. The van der Waals surface area contributed by atoms with Gasteiger partial charge >= 0.3 is 0 Å². The third-order valence-electron chi connectivity index (χ3n) is 2.79. The molecule has 2 rings (SSSR count). The van der Waals surface area contributed by atoms with Crippen LogP contribution in [0.15, 0.2) is 89.6 Å². The van der Waals surface area contributed by atoms with Crippen LogP contribution in [-0.4, -0.2) is 12.1 Å². The summed E-state index contributed by atoms with van der Waals surface area (Å²) in [5.41, 5.74) is 7.40. The number of hydrogen-bond acceptors (Lipinski definition) is 3. The molecule has 0 aliphatic rings. The average Bonchev–Trinajstić information content (AvgIpc) is 2.55. The first kappa shape index (κ1) is 18.2. The first-order valence-corrected chi connectivity index (χ1v) is 6.83. The molecule has 0 radical (unpaired) electrons. The SMILES string of the molecule is Cl.NC(=O)C(C=Nc1ccccc1)=CC=CNc1ccccc1. The van der Waals surface area contributed by atoms with E-state index in [4.69, 9.17) is 5.73 Å². The monoisotopic (exact) mass is 327 g/mol. The summed E-state index contributed by atoms with van der Waals surface area (Å²) < 4.78 is 0. The summed E-state index contributed by atoms with van der Waals surface area (Å²) in [6.07, 6.45) is 6.52. The van der Waals surface area contributed by atoms with E-state index in [1.54, 1.807) is 18.4 Å². The van der Waals surface area contributed by atoms with Crippen LogP contribution in [0, 0.1) is 0 Å². The minimum Gasteiger partial charge on any atom is -0.366 e. The number of nitrogens with two attached hydrogens (primary N) is 1. The summed E-state index contributed by atoms with van der Waals surface area (Å²) in [7, 11) is 0. The van der Waals surface area contributed by atoms with Gasteiger partial charge in [-0.2, -0.15) is 0 Å². The molecule has 1 amide bonds. The van der Waals surface area contributed by atoms with Crippen LogP contribution in [0.3, 0.4) is 0 Å². The number of rotatable bonds is 6. The van der Waals surface area contributed by atoms with Crippen LogP contribution in [0.25, 0.3) is 0 Å². The first-order chi connectivity index (χ1) is 10.8. The van der Waals surface area contributed by atoms with Crippen molar-refractivity contribution in [2.45, 2.75) is 0 Å². The maximum Gasteiger partial charge on any atom is 0.250 e. The highest BCUT2D eigenvalue weighted by molar-refractivity contribution is 6.12. The Labute approximate surface area is 141 Å². The lowest BCUT2D eigenvalue weighted by atomic mass is 10.2. The zero-order chi connectivity index (χ0) is 15.6. The molecule has 0 aliphatic carbocycles. The van der Waals surface area contributed by atoms with Gasteiger partial charge in [0.05, 0.1) is 11.3 Å². The number of halogens is 1. The molecule has 0 saturated heterocycles. The molecule has 5 heteroatoms.